The van der Waals surface area contributed by atoms with E-state index in [-0.39, 0.29) is 16.5 Å². The van der Waals surface area contributed by atoms with Crippen molar-refractivity contribution in [3.8, 4) is 0 Å². The van der Waals surface area contributed by atoms with Crippen molar-refractivity contribution in [2.45, 2.75) is 13.8 Å². The summed E-state index contributed by atoms with van der Waals surface area (Å²) in [7, 11) is 1.72. The van der Waals surface area contributed by atoms with Gasteiger partial charge in [-0.2, -0.15) is 0 Å². The molecule has 0 bridgehead atoms. The lowest BCUT2D eigenvalue weighted by Gasteiger charge is -2.13. The van der Waals surface area contributed by atoms with Crippen LogP contribution in [0, 0.1) is 12.7 Å². The molecule has 2 aromatic rings. The number of nitrogens with zero attached hydrogens (tertiary/aromatic N) is 1. The Morgan fingerprint density at radius 3 is 2.65 bits per heavy atom. The van der Waals surface area contributed by atoms with Crippen LogP contribution in [0.5, 0.6) is 0 Å². The third kappa shape index (κ3) is 3.89. The van der Waals surface area contributed by atoms with Crippen molar-refractivity contribution in [3.63, 3.8) is 0 Å². The highest BCUT2D eigenvalue weighted by molar-refractivity contribution is 7.18. The number of hydrogen-bond acceptors (Lipinski definition) is 3. The van der Waals surface area contributed by atoms with E-state index in [0.29, 0.717) is 16.4 Å². The van der Waals surface area contributed by atoms with Gasteiger partial charge in [0.1, 0.15) is 5.82 Å². The molecule has 0 spiro atoms. The van der Waals surface area contributed by atoms with Crippen LogP contribution < -0.4 is 5.32 Å². The number of anilines is 1. The zero-order valence-electron chi connectivity index (χ0n) is 12.9. The minimum Gasteiger partial charge on any atom is -0.341 e. The molecule has 0 aliphatic carbocycles. The van der Waals surface area contributed by atoms with E-state index in [1.165, 1.54) is 23.5 Å². The highest BCUT2D eigenvalue weighted by Crippen LogP contribution is 2.28. The monoisotopic (exact) mass is 354 g/mol. The first-order chi connectivity index (χ1) is 10.8. The quantitative estimate of drug-likeness (QED) is 0.894. The van der Waals surface area contributed by atoms with Gasteiger partial charge in [-0.25, -0.2) is 4.39 Å². The molecule has 7 heteroatoms. The molecule has 4 nitrogen and oxygen atoms in total. The SMILES string of the molecule is CCN(C)C(=O)c1sc(NC(=O)c2ccc(F)cc2Cl)cc1C. The Morgan fingerprint density at radius 2 is 2.04 bits per heavy atom. The highest BCUT2D eigenvalue weighted by atomic mass is 35.5. The van der Waals surface area contributed by atoms with Crippen molar-refractivity contribution in [1.29, 1.82) is 0 Å². The molecule has 0 aliphatic rings. The van der Waals surface area contributed by atoms with Crippen LogP contribution in [-0.4, -0.2) is 30.3 Å². The van der Waals surface area contributed by atoms with Gasteiger partial charge < -0.3 is 10.2 Å². The van der Waals surface area contributed by atoms with E-state index in [1.807, 2.05) is 13.8 Å². The Bertz CT molecular complexity index is 761. The molecule has 0 radical (unpaired) electrons. The lowest BCUT2D eigenvalue weighted by Crippen LogP contribution is -2.25. The van der Waals surface area contributed by atoms with E-state index >= 15 is 0 Å². The average Bonchev–Trinajstić information content (AvgIpc) is 2.85. The molecule has 23 heavy (non-hydrogen) atoms. The van der Waals surface area contributed by atoms with Crippen LogP contribution in [0.4, 0.5) is 9.39 Å². The zero-order valence-corrected chi connectivity index (χ0v) is 14.5. The van der Waals surface area contributed by atoms with E-state index in [9.17, 15) is 14.0 Å². The fraction of sp³-hybridized carbons (Fsp3) is 0.250. The normalized spacial score (nSPS) is 10.5. The van der Waals surface area contributed by atoms with Crippen molar-refractivity contribution >= 4 is 39.8 Å². The average molecular weight is 355 g/mol. The summed E-state index contributed by atoms with van der Waals surface area (Å²) < 4.78 is 13.0. The van der Waals surface area contributed by atoms with Gasteiger partial charge in [0.25, 0.3) is 11.8 Å². The fourth-order valence-electron chi connectivity index (χ4n) is 1.93. The maximum Gasteiger partial charge on any atom is 0.264 e. The summed E-state index contributed by atoms with van der Waals surface area (Å²) in [5, 5.41) is 3.28. The fourth-order valence-corrected chi connectivity index (χ4v) is 3.24. The first kappa shape index (κ1) is 17.4. The first-order valence-electron chi connectivity index (χ1n) is 6.95. The Morgan fingerprint density at radius 1 is 1.35 bits per heavy atom. The van der Waals surface area contributed by atoms with Crippen molar-refractivity contribution in [2.24, 2.45) is 0 Å². The minimum atomic E-state index is -0.506. The number of thiophene rings is 1. The number of benzene rings is 1. The second-order valence-corrected chi connectivity index (χ2v) is 6.48. The number of hydrogen-bond donors (Lipinski definition) is 1. The number of amides is 2. The lowest BCUT2D eigenvalue weighted by atomic mass is 10.2. The predicted molar refractivity (Wildman–Crippen MR) is 91.1 cm³/mol. The van der Waals surface area contributed by atoms with Crippen LogP contribution in [0.2, 0.25) is 5.02 Å². The number of nitrogens with one attached hydrogen (secondary N) is 1. The molecule has 2 rings (SSSR count). The van der Waals surface area contributed by atoms with E-state index in [1.54, 1.807) is 18.0 Å². The Hall–Kier alpha value is -1.92. The molecule has 122 valence electrons. The summed E-state index contributed by atoms with van der Waals surface area (Å²) in [4.78, 5) is 26.6. The number of carbonyl (C=O) groups is 2. The van der Waals surface area contributed by atoms with Gasteiger partial charge in [-0.05, 0) is 43.7 Å². The molecule has 0 aliphatic heterocycles. The van der Waals surface area contributed by atoms with E-state index in [2.05, 4.69) is 5.32 Å². The van der Waals surface area contributed by atoms with Crippen molar-refractivity contribution in [2.75, 3.05) is 18.9 Å². The zero-order chi connectivity index (χ0) is 17.1. The van der Waals surface area contributed by atoms with E-state index in [4.69, 9.17) is 11.6 Å². The molecule has 1 aromatic carbocycles. The summed E-state index contributed by atoms with van der Waals surface area (Å²) in [5.41, 5.74) is 0.971. The van der Waals surface area contributed by atoms with Crippen LogP contribution in [0.1, 0.15) is 32.5 Å². The molecule has 0 fully saturated rings. The molecular weight excluding hydrogens is 339 g/mol. The van der Waals surface area contributed by atoms with Gasteiger partial charge in [-0.1, -0.05) is 11.6 Å². The van der Waals surface area contributed by atoms with Gasteiger partial charge in [-0.3, -0.25) is 9.59 Å². The molecule has 0 saturated carbocycles. The molecule has 0 unspecified atom stereocenters. The maximum atomic E-state index is 13.0. The van der Waals surface area contributed by atoms with Gasteiger partial charge in [0.2, 0.25) is 0 Å². The molecule has 1 aromatic heterocycles. The third-order valence-electron chi connectivity index (χ3n) is 3.35. The van der Waals surface area contributed by atoms with Gasteiger partial charge >= 0.3 is 0 Å². The largest absolute Gasteiger partial charge is 0.341 e. The van der Waals surface area contributed by atoms with Crippen LogP contribution in [0.3, 0.4) is 0 Å². The highest BCUT2D eigenvalue weighted by Gasteiger charge is 2.18. The smallest absolute Gasteiger partial charge is 0.264 e. The molecule has 1 heterocycles. The number of aryl methyl sites for hydroxylation is 1. The molecule has 2 amide bonds. The number of halogens is 2. The van der Waals surface area contributed by atoms with Gasteiger partial charge in [0, 0.05) is 13.6 Å². The summed E-state index contributed by atoms with van der Waals surface area (Å²) in [6.07, 6.45) is 0. The number of rotatable bonds is 4. The first-order valence-corrected chi connectivity index (χ1v) is 8.15. The molecule has 0 saturated heterocycles. The van der Waals surface area contributed by atoms with Crippen molar-refractivity contribution < 1.29 is 14.0 Å². The van der Waals surface area contributed by atoms with Crippen LogP contribution in [-0.2, 0) is 0 Å². The topological polar surface area (TPSA) is 49.4 Å². The number of carbonyl (C=O) groups excluding carboxylic acids is 2. The molecular formula is C16H16ClFN2O2S. The van der Waals surface area contributed by atoms with Gasteiger partial charge in [0.05, 0.1) is 20.5 Å². The maximum absolute atomic E-state index is 13.0. The minimum absolute atomic E-state index is 0.0396. The summed E-state index contributed by atoms with van der Waals surface area (Å²) in [5.74, 6) is -1.04. The molecule has 1 N–H and O–H groups in total. The van der Waals surface area contributed by atoms with E-state index in [0.717, 1.165) is 11.6 Å². The standard InChI is InChI=1S/C16H16ClFN2O2S/c1-4-20(3)16(22)14-9(2)7-13(23-14)19-15(21)11-6-5-10(18)8-12(11)17/h5-8H,4H2,1-3H3,(H,19,21). The van der Waals surface area contributed by atoms with Crippen LogP contribution in [0.25, 0.3) is 0 Å². The summed E-state index contributed by atoms with van der Waals surface area (Å²) in [6.45, 7) is 4.30. The third-order valence-corrected chi connectivity index (χ3v) is 4.80. The Balaban J connectivity index is 2.21. The molecule has 0 atom stereocenters. The van der Waals surface area contributed by atoms with E-state index < -0.39 is 11.7 Å². The Kier molecular flexibility index (Phi) is 5.38. The van der Waals surface area contributed by atoms with Crippen LogP contribution >= 0.6 is 22.9 Å². The lowest BCUT2D eigenvalue weighted by molar-refractivity contribution is 0.0806. The summed E-state index contributed by atoms with van der Waals surface area (Å²) >= 11 is 7.08. The van der Waals surface area contributed by atoms with Gasteiger partial charge in [-0.15, -0.1) is 11.3 Å². The second kappa shape index (κ2) is 7.10. The van der Waals surface area contributed by atoms with Gasteiger partial charge in [0.15, 0.2) is 0 Å². The van der Waals surface area contributed by atoms with Crippen molar-refractivity contribution in [1.82, 2.24) is 4.90 Å². The van der Waals surface area contributed by atoms with Crippen LogP contribution in [0.15, 0.2) is 24.3 Å². The Labute approximate surface area is 142 Å². The second-order valence-electron chi connectivity index (χ2n) is 5.02. The summed E-state index contributed by atoms with van der Waals surface area (Å²) in [6, 6.07) is 5.31. The predicted octanol–water partition coefficient (Wildman–Crippen LogP) is 4.19. The van der Waals surface area contributed by atoms with Crippen molar-refractivity contribution in [3.05, 3.63) is 51.1 Å².